The predicted molar refractivity (Wildman–Crippen MR) is 161 cm³/mol. The molecule has 0 N–H and O–H groups in total. The van der Waals surface area contributed by atoms with E-state index in [9.17, 15) is 13.2 Å². The van der Waals surface area contributed by atoms with Gasteiger partial charge in [-0.25, -0.2) is 8.42 Å². The topological polar surface area (TPSA) is 60.4 Å². The molecule has 39 heavy (non-hydrogen) atoms. The molecule has 0 aliphatic heterocycles. The third kappa shape index (κ3) is 6.54. The highest BCUT2D eigenvalue weighted by molar-refractivity contribution is 7.96. The van der Waals surface area contributed by atoms with Crippen molar-refractivity contribution in [2.75, 3.05) is 0 Å². The van der Waals surface area contributed by atoms with Gasteiger partial charge in [0, 0.05) is 4.91 Å². The summed E-state index contributed by atoms with van der Waals surface area (Å²) < 4.78 is 32.4. The maximum Gasteiger partial charge on any atom is 0.311 e. The van der Waals surface area contributed by atoms with E-state index in [2.05, 4.69) is 6.08 Å². The van der Waals surface area contributed by atoms with Gasteiger partial charge in [0.2, 0.25) is 0 Å². The van der Waals surface area contributed by atoms with Gasteiger partial charge in [-0.2, -0.15) is 0 Å². The van der Waals surface area contributed by atoms with Gasteiger partial charge in [0.1, 0.15) is 5.60 Å². The lowest BCUT2D eigenvalue weighted by molar-refractivity contribution is -0.208. The van der Waals surface area contributed by atoms with Crippen molar-refractivity contribution in [3.05, 3.63) is 22.6 Å². The second-order valence-corrected chi connectivity index (χ2v) is 18.0. The van der Waals surface area contributed by atoms with Crippen molar-refractivity contribution in [2.24, 2.45) is 29.1 Å². The molecule has 4 aliphatic carbocycles. The lowest BCUT2D eigenvalue weighted by Crippen LogP contribution is -2.57. The van der Waals surface area contributed by atoms with Crippen molar-refractivity contribution < 1.29 is 17.9 Å². The van der Waals surface area contributed by atoms with Gasteiger partial charge in [0.15, 0.2) is 9.84 Å². The Morgan fingerprint density at radius 2 is 1.26 bits per heavy atom. The van der Waals surface area contributed by atoms with Crippen LogP contribution in [0.3, 0.4) is 0 Å². The highest BCUT2D eigenvalue weighted by atomic mass is 32.2. The third-order valence-electron chi connectivity index (χ3n) is 10.5. The van der Waals surface area contributed by atoms with Crippen LogP contribution in [-0.4, -0.2) is 24.7 Å². The number of sulfone groups is 1. The summed E-state index contributed by atoms with van der Waals surface area (Å²) in [5.74, 6) is 1.76. The van der Waals surface area contributed by atoms with Crippen LogP contribution in [0, 0.1) is 29.1 Å². The van der Waals surface area contributed by atoms with Crippen LogP contribution >= 0.6 is 0 Å². The Labute approximate surface area is 239 Å². The average molecular weight is 561 g/mol. The van der Waals surface area contributed by atoms with Crippen LogP contribution in [0.15, 0.2) is 22.6 Å². The van der Waals surface area contributed by atoms with Crippen molar-refractivity contribution in [1.82, 2.24) is 0 Å². The van der Waals surface area contributed by atoms with Crippen LogP contribution in [0.2, 0.25) is 0 Å². The zero-order valence-corrected chi connectivity index (χ0v) is 26.6. The van der Waals surface area contributed by atoms with Crippen molar-refractivity contribution in [2.45, 2.75) is 155 Å². The van der Waals surface area contributed by atoms with Crippen LogP contribution in [0.1, 0.15) is 144 Å². The quantitative estimate of drug-likeness (QED) is 0.304. The molecule has 3 saturated carbocycles. The number of carbonyl (C=O) groups excluding carboxylic acids is 1. The number of allylic oxidation sites excluding steroid dienone is 4. The van der Waals surface area contributed by atoms with Gasteiger partial charge in [-0.05, 0) is 129 Å². The number of carbonyl (C=O) groups is 1. The number of hydrogen-bond donors (Lipinski definition) is 0. The Bertz CT molecular complexity index is 1010. The minimum Gasteiger partial charge on any atom is -0.458 e. The predicted octanol–water partition coefficient (Wildman–Crippen LogP) is 9.10. The lowest BCUT2D eigenvalue weighted by Gasteiger charge is -2.55. The highest BCUT2D eigenvalue weighted by Crippen LogP contribution is 2.55. The van der Waals surface area contributed by atoms with E-state index >= 15 is 0 Å². The molecule has 0 radical (unpaired) electrons. The third-order valence-corrected chi connectivity index (χ3v) is 13.1. The summed E-state index contributed by atoms with van der Waals surface area (Å²) in [6.45, 7) is 11.4. The first-order chi connectivity index (χ1) is 18.3. The zero-order valence-electron chi connectivity index (χ0n) is 25.8. The summed E-state index contributed by atoms with van der Waals surface area (Å²) in [6, 6.07) is 0. The van der Waals surface area contributed by atoms with Crippen molar-refractivity contribution in [3.8, 4) is 0 Å². The van der Waals surface area contributed by atoms with E-state index in [1.807, 2.05) is 26.8 Å². The average Bonchev–Trinajstić information content (AvgIpc) is 2.91. The minimum absolute atomic E-state index is 0.0161. The van der Waals surface area contributed by atoms with E-state index in [4.69, 9.17) is 4.74 Å². The Balaban J connectivity index is 1.67. The molecule has 0 aromatic rings. The van der Waals surface area contributed by atoms with E-state index in [1.54, 1.807) is 20.8 Å². The zero-order chi connectivity index (χ0) is 28.5. The molecule has 0 saturated heterocycles. The molecule has 5 heteroatoms. The van der Waals surface area contributed by atoms with Gasteiger partial charge in [0.05, 0.1) is 10.2 Å². The van der Waals surface area contributed by atoms with Crippen LogP contribution < -0.4 is 0 Å². The summed E-state index contributed by atoms with van der Waals surface area (Å²) in [7, 11) is -3.29. The molecule has 4 rings (SSSR count). The van der Waals surface area contributed by atoms with Gasteiger partial charge < -0.3 is 4.74 Å². The monoisotopic (exact) mass is 560 g/mol. The summed E-state index contributed by atoms with van der Waals surface area (Å²) in [5, 5.41) is 0. The van der Waals surface area contributed by atoms with E-state index in [-0.39, 0.29) is 11.6 Å². The largest absolute Gasteiger partial charge is 0.458 e. The Morgan fingerprint density at radius 1 is 0.718 bits per heavy atom. The van der Waals surface area contributed by atoms with E-state index < -0.39 is 20.0 Å². The van der Waals surface area contributed by atoms with E-state index in [0.29, 0.717) is 35.0 Å². The molecule has 3 fully saturated rings. The molecule has 0 amide bonds. The lowest BCUT2D eigenvalue weighted by atomic mass is 9.56. The van der Waals surface area contributed by atoms with Gasteiger partial charge in [-0.1, -0.05) is 56.6 Å². The van der Waals surface area contributed by atoms with Gasteiger partial charge in [0.25, 0.3) is 0 Å². The van der Waals surface area contributed by atoms with Crippen molar-refractivity contribution >= 4 is 15.8 Å². The van der Waals surface area contributed by atoms with E-state index in [1.165, 1.54) is 69.8 Å². The maximum atomic E-state index is 13.7. The summed E-state index contributed by atoms with van der Waals surface area (Å²) in [6.07, 6.45) is 22.4. The van der Waals surface area contributed by atoms with Crippen LogP contribution in [0.5, 0.6) is 0 Å². The highest BCUT2D eigenvalue weighted by Gasteiger charge is 2.55. The normalized spacial score (nSPS) is 27.0. The Morgan fingerprint density at radius 3 is 1.72 bits per heavy atom. The Hall–Kier alpha value is -1.10. The van der Waals surface area contributed by atoms with Gasteiger partial charge in [-0.3, -0.25) is 4.79 Å². The van der Waals surface area contributed by atoms with Crippen LogP contribution in [-0.2, 0) is 19.4 Å². The van der Waals surface area contributed by atoms with Gasteiger partial charge >= 0.3 is 5.97 Å². The van der Waals surface area contributed by atoms with Crippen LogP contribution in [0.4, 0.5) is 0 Å². The molecule has 222 valence electrons. The fourth-order valence-corrected chi connectivity index (χ4v) is 9.60. The fourth-order valence-electron chi connectivity index (χ4n) is 8.20. The molecule has 0 heterocycles. The molecule has 0 aromatic heterocycles. The number of esters is 1. The van der Waals surface area contributed by atoms with Crippen LogP contribution in [0.25, 0.3) is 0 Å². The molecular formula is C34H56O4S. The molecule has 4 nitrogen and oxygen atoms in total. The standard InChI is InChI=1S/C34H56O4S/c1-32(2,3)31(35)38-34(27-15-9-7-10-16-27,28-17-11-8-12-18-28)29-19-13-14-26(24-29)25-20-22-30(23-21-25)39(36,37)33(4,5)6/h20,22,26-29H,7-19,21,23-24H2,1-6H3. The first-order valence-corrected chi connectivity index (χ1v) is 17.6. The van der Waals surface area contributed by atoms with E-state index in [0.717, 1.165) is 32.1 Å². The van der Waals surface area contributed by atoms with Gasteiger partial charge in [-0.15, -0.1) is 0 Å². The molecule has 4 aliphatic rings. The summed E-state index contributed by atoms with van der Waals surface area (Å²) in [4.78, 5) is 14.3. The minimum atomic E-state index is -3.29. The Kier molecular flexibility index (Phi) is 9.51. The molecule has 2 atom stereocenters. The second kappa shape index (κ2) is 12.0. The summed E-state index contributed by atoms with van der Waals surface area (Å²) >= 11 is 0. The SMILES string of the molecule is CC(C)(C)C(=O)OC(C1CCCCC1)(C1CCCCC1)C1CCCC(C2=CC=C(S(=O)(=O)C(C)(C)C)CC2)C1. The molecule has 0 spiro atoms. The first kappa shape index (κ1) is 30.8. The second-order valence-electron chi connectivity index (χ2n) is 15.2. The molecule has 0 aromatic carbocycles. The number of rotatable bonds is 6. The molecule has 2 unspecified atom stereocenters. The molecule has 0 bridgehead atoms. The number of ether oxygens (including phenoxy) is 1. The maximum absolute atomic E-state index is 13.7. The first-order valence-electron chi connectivity index (χ1n) is 16.1. The smallest absolute Gasteiger partial charge is 0.311 e. The summed E-state index contributed by atoms with van der Waals surface area (Å²) in [5.41, 5.74) is 0.556. The molecular weight excluding hydrogens is 504 g/mol. The van der Waals surface area contributed by atoms with Crippen molar-refractivity contribution in [1.29, 1.82) is 0 Å². The number of hydrogen-bond acceptors (Lipinski definition) is 4. The van der Waals surface area contributed by atoms with Crippen molar-refractivity contribution in [3.63, 3.8) is 0 Å². The fraction of sp³-hybridized carbons (Fsp3) is 0.853.